The van der Waals surface area contributed by atoms with Gasteiger partial charge in [0.2, 0.25) is 0 Å². The Bertz CT molecular complexity index is 797. The highest BCUT2D eigenvalue weighted by atomic mass is 32.2. The first kappa shape index (κ1) is 16.5. The second-order valence-corrected chi connectivity index (χ2v) is 7.44. The summed E-state index contributed by atoms with van der Waals surface area (Å²) in [4.78, 5) is 30.4. The molecule has 0 bridgehead atoms. The van der Waals surface area contributed by atoms with Crippen LogP contribution in [0.15, 0.2) is 9.95 Å². The number of hydrogen-bond donors (Lipinski definition) is 1. The molecule has 2 aromatic rings. The molecule has 2 aromatic heterocycles. The number of hydrogen-bond acceptors (Lipinski definition) is 6. The maximum atomic E-state index is 12.9. The van der Waals surface area contributed by atoms with Crippen LogP contribution in [-0.4, -0.2) is 40.1 Å². The maximum absolute atomic E-state index is 12.9. The van der Waals surface area contributed by atoms with Crippen LogP contribution in [-0.2, 0) is 28.9 Å². The van der Waals surface area contributed by atoms with Crippen LogP contribution in [0.2, 0.25) is 0 Å². The Kier molecular flexibility index (Phi) is 5.03. The molecule has 23 heavy (non-hydrogen) atoms. The molecule has 0 amide bonds. The van der Waals surface area contributed by atoms with E-state index in [0.717, 1.165) is 46.8 Å². The molecule has 0 fully saturated rings. The van der Waals surface area contributed by atoms with E-state index in [2.05, 4.69) is 4.98 Å². The SMILES string of the molecule is COCCCn1c(SCC(=O)O)nc2sc3c(c2c1=O)CCC3. The summed E-state index contributed by atoms with van der Waals surface area (Å²) in [6.07, 6.45) is 3.73. The number of carboxylic acid groups (broad SMARTS) is 1. The molecule has 1 aliphatic carbocycles. The minimum Gasteiger partial charge on any atom is -0.481 e. The van der Waals surface area contributed by atoms with Gasteiger partial charge in [0.15, 0.2) is 5.16 Å². The highest BCUT2D eigenvalue weighted by Gasteiger charge is 2.23. The number of thiophene rings is 1. The summed E-state index contributed by atoms with van der Waals surface area (Å²) in [5.74, 6) is -1.02. The minimum atomic E-state index is -0.915. The molecule has 0 radical (unpaired) electrons. The third kappa shape index (κ3) is 3.29. The van der Waals surface area contributed by atoms with Crippen molar-refractivity contribution in [3.8, 4) is 0 Å². The average Bonchev–Trinajstić information content (AvgIpc) is 3.07. The van der Waals surface area contributed by atoms with Crippen molar-refractivity contribution in [3.63, 3.8) is 0 Å². The van der Waals surface area contributed by atoms with Crippen molar-refractivity contribution >= 4 is 39.3 Å². The predicted octanol–water partition coefficient (Wildman–Crippen LogP) is 2.16. The topological polar surface area (TPSA) is 81.4 Å². The fourth-order valence-electron chi connectivity index (χ4n) is 2.86. The van der Waals surface area contributed by atoms with Crippen LogP contribution >= 0.6 is 23.1 Å². The van der Waals surface area contributed by atoms with Crippen molar-refractivity contribution in [3.05, 3.63) is 20.8 Å². The number of aromatic nitrogens is 2. The van der Waals surface area contributed by atoms with E-state index in [9.17, 15) is 9.59 Å². The van der Waals surface area contributed by atoms with Gasteiger partial charge in [-0.3, -0.25) is 14.2 Å². The summed E-state index contributed by atoms with van der Waals surface area (Å²) in [5, 5.41) is 10.1. The molecule has 8 heteroatoms. The van der Waals surface area contributed by atoms with E-state index in [0.29, 0.717) is 24.7 Å². The molecular formula is C15H18N2O4S2. The van der Waals surface area contributed by atoms with Gasteiger partial charge >= 0.3 is 5.97 Å². The molecule has 1 aliphatic rings. The summed E-state index contributed by atoms with van der Waals surface area (Å²) in [6.45, 7) is 1.04. The number of aliphatic carboxylic acids is 1. The minimum absolute atomic E-state index is 0.0432. The van der Waals surface area contributed by atoms with Gasteiger partial charge in [-0.15, -0.1) is 11.3 Å². The van der Waals surface area contributed by atoms with Crippen molar-refractivity contribution in [2.45, 2.75) is 37.4 Å². The summed E-state index contributed by atoms with van der Waals surface area (Å²) in [5.41, 5.74) is 1.11. The second kappa shape index (κ2) is 7.02. The molecule has 0 aromatic carbocycles. The zero-order valence-corrected chi connectivity index (χ0v) is 14.5. The lowest BCUT2D eigenvalue weighted by Gasteiger charge is -2.11. The van der Waals surface area contributed by atoms with Crippen LogP contribution in [0.5, 0.6) is 0 Å². The lowest BCUT2D eigenvalue weighted by atomic mass is 10.2. The lowest BCUT2D eigenvalue weighted by molar-refractivity contribution is -0.133. The quantitative estimate of drug-likeness (QED) is 0.466. The summed E-state index contributed by atoms with van der Waals surface area (Å²) < 4.78 is 6.66. The van der Waals surface area contributed by atoms with Crippen molar-refractivity contribution in [2.75, 3.05) is 19.5 Å². The summed E-state index contributed by atoms with van der Waals surface area (Å²) >= 11 is 2.68. The van der Waals surface area contributed by atoms with E-state index in [1.807, 2.05) is 0 Å². The number of nitrogens with zero attached hydrogens (tertiary/aromatic N) is 2. The van der Waals surface area contributed by atoms with Crippen LogP contribution in [0.4, 0.5) is 0 Å². The Morgan fingerprint density at radius 2 is 2.30 bits per heavy atom. The summed E-state index contributed by atoms with van der Waals surface area (Å²) in [7, 11) is 1.62. The number of fused-ring (bicyclic) bond motifs is 3. The zero-order chi connectivity index (χ0) is 16.4. The highest BCUT2D eigenvalue weighted by Crippen LogP contribution is 2.35. The van der Waals surface area contributed by atoms with Gasteiger partial charge in [-0.1, -0.05) is 11.8 Å². The first-order chi connectivity index (χ1) is 11.1. The van der Waals surface area contributed by atoms with Gasteiger partial charge in [0.05, 0.1) is 11.1 Å². The zero-order valence-electron chi connectivity index (χ0n) is 12.8. The van der Waals surface area contributed by atoms with E-state index in [-0.39, 0.29) is 11.3 Å². The maximum Gasteiger partial charge on any atom is 0.313 e. The van der Waals surface area contributed by atoms with Crippen molar-refractivity contribution in [1.82, 2.24) is 9.55 Å². The molecule has 0 aliphatic heterocycles. The Hall–Kier alpha value is -1.38. The number of ether oxygens (including phenoxy) is 1. The van der Waals surface area contributed by atoms with Gasteiger partial charge in [-0.05, 0) is 31.2 Å². The molecule has 0 saturated carbocycles. The lowest BCUT2D eigenvalue weighted by Crippen LogP contribution is -2.24. The van der Waals surface area contributed by atoms with E-state index in [4.69, 9.17) is 9.84 Å². The van der Waals surface area contributed by atoms with E-state index in [1.165, 1.54) is 4.88 Å². The van der Waals surface area contributed by atoms with Gasteiger partial charge < -0.3 is 9.84 Å². The van der Waals surface area contributed by atoms with Crippen molar-refractivity contribution in [1.29, 1.82) is 0 Å². The van der Waals surface area contributed by atoms with E-state index < -0.39 is 5.97 Å². The Morgan fingerprint density at radius 3 is 3.04 bits per heavy atom. The highest BCUT2D eigenvalue weighted by molar-refractivity contribution is 7.99. The molecule has 6 nitrogen and oxygen atoms in total. The third-order valence-corrected chi connectivity index (χ3v) is 5.99. The molecular weight excluding hydrogens is 336 g/mol. The fraction of sp³-hybridized carbons (Fsp3) is 0.533. The van der Waals surface area contributed by atoms with E-state index >= 15 is 0 Å². The Balaban J connectivity index is 2.06. The van der Waals surface area contributed by atoms with Crippen LogP contribution in [0.3, 0.4) is 0 Å². The predicted molar refractivity (Wildman–Crippen MR) is 90.8 cm³/mol. The molecule has 1 N–H and O–H groups in total. The molecule has 3 rings (SSSR count). The van der Waals surface area contributed by atoms with Crippen LogP contribution < -0.4 is 5.56 Å². The Labute approximate surface area is 141 Å². The molecule has 124 valence electrons. The number of thioether (sulfide) groups is 1. The van der Waals surface area contributed by atoms with Gasteiger partial charge in [0, 0.05) is 25.1 Å². The molecule has 0 atom stereocenters. The number of carboxylic acids is 1. The van der Waals surface area contributed by atoms with E-state index in [1.54, 1.807) is 23.0 Å². The van der Waals surface area contributed by atoms with Crippen molar-refractivity contribution in [2.24, 2.45) is 0 Å². The standard InChI is InChI=1S/C15H18N2O4S2/c1-21-7-3-6-17-14(20)12-9-4-2-5-10(9)23-13(12)16-15(17)22-8-11(18)19/h2-8H2,1H3,(H,18,19). The first-order valence-corrected chi connectivity index (χ1v) is 9.30. The number of carbonyl (C=O) groups is 1. The normalized spacial score (nSPS) is 13.6. The van der Waals surface area contributed by atoms with Crippen LogP contribution in [0.1, 0.15) is 23.3 Å². The number of methoxy groups -OCH3 is 1. The molecule has 2 heterocycles. The van der Waals surface area contributed by atoms with Gasteiger partial charge in [0.1, 0.15) is 4.83 Å². The summed E-state index contributed by atoms with van der Waals surface area (Å²) in [6, 6.07) is 0. The second-order valence-electron chi connectivity index (χ2n) is 5.42. The largest absolute Gasteiger partial charge is 0.481 e. The average molecular weight is 354 g/mol. The number of aryl methyl sites for hydroxylation is 2. The molecule has 0 unspecified atom stereocenters. The number of rotatable bonds is 7. The van der Waals surface area contributed by atoms with Gasteiger partial charge in [-0.25, -0.2) is 4.98 Å². The van der Waals surface area contributed by atoms with Gasteiger partial charge in [-0.2, -0.15) is 0 Å². The third-order valence-electron chi connectivity index (χ3n) is 3.84. The smallest absolute Gasteiger partial charge is 0.313 e. The molecule has 0 saturated heterocycles. The Morgan fingerprint density at radius 1 is 1.48 bits per heavy atom. The monoisotopic (exact) mass is 354 g/mol. The van der Waals surface area contributed by atoms with Crippen LogP contribution in [0, 0.1) is 0 Å². The van der Waals surface area contributed by atoms with Crippen molar-refractivity contribution < 1.29 is 14.6 Å². The molecule has 0 spiro atoms. The fourth-order valence-corrected chi connectivity index (χ4v) is 4.91. The van der Waals surface area contributed by atoms with Crippen LogP contribution in [0.25, 0.3) is 10.2 Å². The van der Waals surface area contributed by atoms with Gasteiger partial charge in [0.25, 0.3) is 5.56 Å². The first-order valence-electron chi connectivity index (χ1n) is 7.50.